The Kier molecular flexibility index (Phi) is 7.28. The fourth-order valence-corrected chi connectivity index (χ4v) is 4.05. The molecule has 33 heavy (non-hydrogen) atoms. The molecule has 0 aliphatic carbocycles. The molecule has 2 aromatic rings. The molecule has 1 fully saturated rings. The second-order valence-electron chi connectivity index (χ2n) is 8.06. The van der Waals surface area contributed by atoms with E-state index in [2.05, 4.69) is 0 Å². The highest BCUT2D eigenvalue weighted by atomic mass is 16.5. The topological polar surface area (TPSA) is 88.5 Å². The molecule has 1 atom stereocenters. The van der Waals surface area contributed by atoms with E-state index < -0.39 is 17.7 Å². The number of methoxy groups -OCH3 is 3. The molecule has 1 saturated heterocycles. The van der Waals surface area contributed by atoms with Crippen LogP contribution in [-0.4, -0.2) is 75.1 Å². The lowest BCUT2D eigenvalue weighted by Gasteiger charge is -2.28. The van der Waals surface area contributed by atoms with Crippen molar-refractivity contribution in [1.82, 2.24) is 9.80 Å². The first kappa shape index (κ1) is 24.1. The third kappa shape index (κ3) is 4.52. The van der Waals surface area contributed by atoms with Gasteiger partial charge in [0.1, 0.15) is 11.5 Å². The molecule has 1 heterocycles. The molecule has 0 bridgehead atoms. The lowest BCUT2D eigenvalue weighted by Crippen LogP contribution is -2.35. The molecule has 1 aliphatic heterocycles. The first-order chi connectivity index (χ1) is 15.7. The molecule has 0 saturated carbocycles. The molecular formula is C25H30N2O6. The summed E-state index contributed by atoms with van der Waals surface area (Å²) in [6, 6.07) is 9.54. The van der Waals surface area contributed by atoms with Crippen molar-refractivity contribution in [1.29, 1.82) is 0 Å². The molecule has 8 nitrogen and oxygen atoms in total. The van der Waals surface area contributed by atoms with E-state index in [0.29, 0.717) is 41.5 Å². The number of benzene rings is 2. The summed E-state index contributed by atoms with van der Waals surface area (Å²) in [6.45, 7) is 2.67. The molecule has 0 unspecified atom stereocenters. The maximum absolute atomic E-state index is 13.2. The van der Waals surface area contributed by atoms with E-state index in [0.717, 1.165) is 5.56 Å². The van der Waals surface area contributed by atoms with Gasteiger partial charge in [0.15, 0.2) is 11.5 Å². The average molecular weight is 455 g/mol. The number of hydrogen-bond acceptors (Lipinski definition) is 7. The highest BCUT2D eigenvalue weighted by Gasteiger charge is 2.47. The number of ether oxygens (including phenoxy) is 3. The van der Waals surface area contributed by atoms with Gasteiger partial charge in [0.25, 0.3) is 11.7 Å². The van der Waals surface area contributed by atoms with E-state index in [1.807, 2.05) is 25.9 Å². The van der Waals surface area contributed by atoms with Gasteiger partial charge in [-0.2, -0.15) is 0 Å². The molecule has 1 amide bonds. The summed E-state index contributed by atoms with van der Waals surface area (Å²) in [7, 11) is 8.36. The SMILES string of the molecule is COc1ccc(C(O)=C2C(=O)C(=O)N(CCN(C)C)[C@@H]2c2cccc(OC)c2OC)cc1C. The molecule has 2 aromatic carbocycles. The number of rotatable bonds is 8. The molecule has 8 heteroatoms. The lowest BCUT2D eigenvalue weighted by atomic mass is 9.94. The summed E-state index contributed by atoms with van der Waals surface area (Å²) < 4.78 is 16.3. The number of carbonyl (C=O) groups excluding carboxylic acids is 2. The second kappa shape index (κ2) is 9.95. The summed E-state index contributed by atoms with van der Waals surface area (Å²) in [5.41, 5.74) is 1.78. The number of carbonyl (C=O) groups is 2. The third-order valence-electron chi connectivity index (χ3n) is 5.72. The maximum Gasteiger partial charge on any atom is 0.295 e. The smallest absolute Gasteiger partial charge is 0.295 e. The van der Waals surface area contributed by atoms with Crippen LogP contribution in [0.15, 0.2) is 42.0 Å². The molecule has 0 spiro atoms. The Morgan fingerprint density at radius 3 is 2.30 bits per heavy atom. The number of hydrogen-bond donors (Lipinski definition) is 1. The monoisotopic (exact) mass is 454 g/mol. The quantitative estimate of drug-likeness (QED) is 0.373. The van der Waals surface area contributed by atoms with Crippen LogP contribution in [-0.2, 0) is 9.59 Å². The van der Waals surface area contributed by atoms with Crippen molar-refractivity contribution in [2.75, 3.05) is 48.5 Å². The van der Waals surface area contributed by atoms with Crippen LogP contribution in [0.1, 0.15) is 22.7 Å². The standard InChI is InChI=1S/C25H30N2O6/c1-15-14-16(10-11-18(15)31-4)22(28)20-21(17-8-7-9-19(32-5)24(17)33-6)27(13-12-26(2)3)25(30)23(20)29/h7-11,14,21,28H,12-13H2,1-6H3/t21-/m1/s1. The highest BCUT2D eigenvalue weighted by molar-refractivity contribution is 6.46. The van der Waals surface area contributed by atoms with Crippen LogP contribution in [0.25, 0.3) is 5.76 Å². The van der Waals surface area contributed by atoms with Crippen LogP contribution >= 0.6 is 0 Å². The van der Waals surface area contributed by atoms with Crippen LogP contribution in [0.3, 0.4) is 0 Å². The van der Waals surface area contributed by atoms with Crippen molar-refractivity contribution in [2.24, 2.45) is 0 Å². The maximum atomic E-state index is 13.2. The third-order valence-corrected chi connectivity index (χ3v) is 5.72. The number of aliphatic hydroxyl groups is 1. The molecule has 0 aromatic heterocycles. The molecular weight excluding hydrogens is 424 g/mol. The number of likely N-dealkylation sites (tertiary alicyclic amines) is 1. The number of nitrogens with zero attached hydrogens (tertiary/aromatic N) is 2. The lowest BCUT2D eigenvalue weighted by molar-refractivity contribution is -0.140. The van der Waals surface area contributed by atoms with Gasteiger partial charge in [-0.05, 0) is 50.8 Å². The minimum absolute atomic E-state index is 0.00914. The predicted molar refractivity (Wildman–Crippen MR) is 125 cm³/mol. The molecule has 3 rings (SSSR count). The van der Waals surface area contributed by atoms with E-state index in [1.54, 1.807) is 43.5 Å². The van der Waals surface area contributed by atoms with Gasteiger partial charge in [-0.1, -0.05) is 12.1 Å². The van der Waals surface area contributed by atoms with Crippen molar-refractivity contribution < 1.29 is 28.9 Å². The Morgan fingerprint density at radius 2 is 1.73 bits per heavy atom. The Balaban J connectivity index is 2.25. The normalized spacial score (nSPS) is 17.5. The molecule has 0 radical (unpaired) electrons. The first-order valence-corrected chi connectivity index (χ1v) is 10.5. The number of ketones is 1. The summed E-state index contributed by atoms with van der Waals surface area (Å²) in [5.74, 6) is -0.134. The van der Waals surface area contributed by atoms with Crippen LogP contribution < -0.4 is 14.2 Å². The summed E-state index contributed by atoms with van der Waals surface area (Å²) in [6.07, 6.45) is 0. The van der Waals surface area contributed by atoms with Gasteiger partial charge in [0.2, 0.25) is 0 Å². The van der Waals surface area contributed by atoms with Gasteiger partial charge in [0.05, 0.1) is 32.9 Å². The Hall–Kier alpha value is -3.52. The number of likely N-dealkylation sites (N-methyl/N-ethyl adjacent to an activating group) is 1. The molecule has 176 valence electrons. The van der Waals surface area contributed by atoms with Gasteiger partial charge in [0, 0.05) is 24.2 Å². The number of para-hydroxylation sites is 1. The fourth-order valence-electron chi connectivity index (χ4n) is 4.05. The Morgan fingerprint density at radius 1 is 1.03 bits per heavy atom. The van der Waals surface area contributed by atoms with Crippen molar-refractivity contribution >= 4 is 17.4 Å². The van der Waals surface area contributed by atoms with Gasteiger partial charge >= 0.3 is 0 Å². The minimum Gasteiger partial charge on any atom is -0.507 e. The van der Waals surface area contributed by atoms with Crippen LogP contribution in [0.5, 0.6) is 17.2 Å². The van der Waals surface area contributed by atoms with Gasteiger partial charge in [-0.15, -0.1) is 0 Å². The second-order valence-corrected chi connectivity index (χ2v) is 8.06. The van der Waals surface area contributed by atoms with E-state index in [1.165, 1.54) is 19.1 Å². The summed E-state index contributed by atoms with van der Waals surface area (Å²) in [4.78, 5) is 29.7. The number of aryl methyl sites for hydroxylation is 1. The molecule has 1 N–H and O–H groups in total. The van der Waals surface area contributed by atoms with Crippen molar-refractivity contribution in [2.45, 2.75) is 13.0 Å². The van der Waals surface area contributed by atoms with Crippen LogP contribution in [0.2, 0.25) is 0 Å². The van der Waals surface area contributed by atoms with Gasteiger partial charge in [-0.25, -0.2) is 0 Å². The summed E-state index contributed by atoms with van der Waals surface area (Å²) >= 11 is 0. The number of aliphatic hydroxyl groups excluding tert-OH is 1. The Labute approximate surface area is 194 Å². The summed E-state index contributed by atoms with van der Waals surface area (Å²) in [5, 5.41) is 11.3. The first-order valence-electron chi connectivity index (χ1n) is 10.5. The van der Waals surface area contributed by atoms with Crippen LogP contribution in [0.4, 0.5) is 0 Å². The Bertz CT molecular complexity index is 1090. The van der Waals surface area contributed by atoms with Crippen molar-refractivity contribution in [3.63, 3.8) is 0 Å². The van der Waals surface area contributed by atoms with Gasteiger partial charge < -0.3 is 29.1 Å². The molecule has 1 aliphatic rings. The fraction of sp³-hybridized carbons (Fsp3) is 0.360. The zero-order valence-electron chi connectivity index (χ0n) is 19.8. The van der Waals surface area contributed by atoms with Crippen molar-refractivity contribution in [3.8, 4) is 17.2 Å². The predicted octanol–water partition coefficient (Wildman–Crippen LogP) is 3.00. The van der Waals surface area contributed by atoms with E-state index in [9.17, 15) is 14.7 Å². The zero-order chi connectivity index (χ0) is 24.3. The van der Waals surface area contributed by atoms with Crippen molar-refractivity contribution in [3.05, 3.63) is 58.7 Å². The largest absolute Gasteiger partial charge is 0.507 e. The zero-order valence-corrected chi connectivity index (χ0v) is 19.8. The van der Waals surface area contributed by atoms with E-state index >= 15 is 0 Å². The van der Waals surface area contributed by atoms with E-state index in [-0.39, 0.29) is 11.3 Å². The average Bonchev–Trinajstić information content (AvgIpc) is 3.06. The van der Waals surface area contributed by atoms with Crippen LogP contribution in [0, 0.1) is 6.92 Å². The van der Waals surface area contributed by atoms with E-state index in [4.69, 9.17) is 14.2 Å². The minimum atomic E-state index is -0.836. The number of Topliss-reactive ketones (excluding diaryl/α,β-unsaturated/α-hetero) is 1. The number of amides is 1. The van der Waals surface area contributed by atoms with Gasteiger partial charge in [-0.3, -0.25) is 9.59 Å². The highest BCUT2D eigenvalue weighted by Crippen LogP contribution is 2.45.